The largest absolute Gasteiger partial charge is 0.0731 e. The molecule has 0 aromatic heterocycles. The van der Waals surface area contributed by atoms with Crippen molar-refractivity contribution in [2.24, 2.45) is 0 Å². The Morgan fingerprint density at radius 1 is 0.188 bits per heavy atom. The monoisotopic (exact) mass is 584 g/mol. The Morgan fingerprint density at radius 2 is 0.281 bits per heavy atom. The second-order valence-corrected chi connectivity index (χ2v) is 90.4. The Balaban J connectivity index is -0.000000169. The van der Waals surface area contributed by atoms with E-state index >= 15 is 0 Å². The van der Waals surface area contributed by atoms with Crippen LogP contribution in [0.1, 0.15) is 0 Å². The van der Waals surface area contributed by atoms with E-state index < -0.39 is 60.7 Å². The van der Waals surface area contributed by atoms with Crippen LogP contribution < -0.4 is 0 Å². The van der Waals surface area contributed by atoms with E-state index in [1.165, 1.54) is 0 Å². The average Bonchev–Trinajstić information content (AvgIpc) is 2.29. The molecule has 32 heavy (non-hydrogen) atoms. The molecule has 0 saturated carbocycles. The zero-order chi connectivity index (χ0) is 28.0. The van der Waals surface area contributed by atoms with Crippen LogP contribution >= 0.6 is 0 Å². The lowest BCUT2D eigenvalue weighted by atomic mass is 11.8. The standard InChI is InChI=1S/C8H24Si3.2C6H18Si2.C4H12Si/c1-9(2,3)11(7,8)10(4,5)6;2*1-7(2,3)8(4,5)6;1-5(2,3)4/h1-8H3;2*1-6H3;1-4H3. The fraction of sp³-hybridized carbons (Fsp3) is 1.00. The molecule has 200 valence electrons. The summed E-state index contributed by atoms with van der Waals surface area (Å²) in [6.45, 7) is 59.5. The summed E-state index contributed by atoms with van der Waals surface area (Å²) in [5.74, 6) is 0. The van der Waals surface area contributed by atoms with E-state index in [1.807, 2.05) is 0 Å². The lowest BCUT2D eigenvalue weighted by Gasteiger charge is -2.45. The van der Waals surface area contributed by atoms with Gasteiger partial charge < -0.3 is 0 Å². The molecule has 0 radical (unpaired) electrons. The number of hydrogen-bond donors (Lipinski definition) is 0. The third-order valence-electron chi connectivity index (χ3n) is 8.25. The highest BCUT2D eigenvalue weighted by Crippen LogP contribution is 2.28. The summed E-state index contributed by atoms with van der Waals surface area (Å²) in [4.78, 5) is 0. The summed E-state index contributed by atoms with van der Waals surface area (Å²) >= 11 is 0. The molecule has 0 rings (SSSR count). The van der Waals surface area contributed by atoms with Gasteiger partial charge in [0.05, 0.1) is 0 Å². The molecule has 0 aliphatic rings. The van der Waals surface area contributed by atoms with Gasteiger partial charge in [-0.1, -0.05) is 157 Å². The molecule has 0 aromatic carbocycles. The Kier molecular flexibility index (Phi) is 17.0. The van der Waals surface area contributed by atoms with Gasteiger partial charge in [0, 0.05) is 60.7 Å². The van der Waals surface area contributed by atoms with E-state index in [0.29, 0.717) is 0 Å². The van der Waals surface area contributed by atoms with Gasteiger partial charge >= 0.3 is 0 Å². The molecule has 0 aromatic rings. The number of rotatable bonds is 4. The molecule has 0 fully saturated rings. The van der Waals surface area contributed by atoms with Crippen LogP contribution in [-0.2, 0) is 0 Å². The fourth-order valence-corrected chi connectivity index (χ4v) is 30.4. The first-order chi connectivity index (χ1) is 13.0. The lowest BCUT2D eigenvalue weighted by molar-refractivity contribution is 1.71. The molecule has 0 aliphatic carbocycles. The minimum atomic E-state index is -0.829. The van der Waals surface area contributed by atoms with Crippen LogP contribution in [-0.4, -0.2) is 60.7 Å². The highest BCUT2D eigenvalue weighted by atomic mass is 29.6. The molecule has 0 spiro atoms. The normalized spacial score (nSPS) is 14.2. The molecule has 0 bridgehead atoms. The van der Waals surface area contributed by atoms with Crippen LogP contribution in [0.15, 0.2) is 0 Å². The summed E-state index contributed by atoms with van der Waals surface area (Å²) in [5.41, 5.74) is 0. The van der Waals surface area contributed by atoms with Gasteiger partial charge in [0.15, 0.2) is 0 Å². The maximum atomic E-state index is 2.62. The second kappa shape index (κ2) is 13.3. The first-order valence-corrected chi connectivity index (χ1v) is 45.0. The van der Waals surface area contributed by atoms with Crippen molar-refractivity contribution in [3.63, 3.8) is 0 Å². The first kappa shape index (κ1) is 40.9. The van der Waals surface area contributed by atoms with Gasteiger partial charge in [-0.3, -0.25) is 0 Å². The zero-order valence-electron chi connectivity index (χ0n) is 28.0. The average molecular weight is 586 g/mol. The minimum absolute atomic E-state index is 0.611. The van der Waals surface area contributed by atoms with Crippen LogP contribution in [0.3, 0.4) is 0 Å². The van der Waals surface area contributed by atoms with E-state index in [0.717, 1.165) is 0 Å². The van der Waals surface area contributed by atoms with Crippen molar-refractivity contribution in [3.8, 4) is 0 Å². The third kappa shape index (κ3) is 21.1. The Hall–Kier alpha value is 1.74. The zero-order valence-corrected chi connectivity index (χ0v) is 36.0. The summed E-state index contributed by atoms with van der Waals surface area (Å²) in [7, 11) is -5.96. The van der Waals surface area contributed by atoms with E-state index in [4.69, 9.17) is 0 Å². The predicted octanol–water partition coefficient (Wildman–Crippen LogP) is 11.0. The highest BCUT2D eigenvalue weighted by Gasteiger charge is 2.46. The van der Waals surface area contributed by atoms with Crippen LogP contribution in [0.5, 0.6) is 0 Å². The van der Waals surface area contributed by atoms with E-state index in [2.05, 4.69) is 157 Å². The molecular weight excluding hydrogens is 513 g/mol. The van der Waals surface area contributed by atoms with Crippen molar-refractivity contribution in [2.45, 2.75) is 157 Å². The molecule has 0 unspecified atom stereocenters. The van der Waals surface area contributed by atoms with Gasteiger partial charge in [-0.25, -0.2) is 0 Å². The molecule has 0 heterocycles. The maximum Gasteiger partial charge on any atom is 0.0411 e. The molecular formula is C24H72Si8. The molecule has 0 saturated heterocycles. The Bertz CT molecular complexity index is 422. The van der Waals surface area contributed by atoms with Crippen LogP contribution in [0.25, 0.3) is 0 Å². The van der Waals surface area contributed by atoms with Gasteiger partial charge in [-0.2, -0.15) is 0 Å². The molecule has 0 N–H and O–H groups in total. The van der Waals surface area contributed by atoms with Crippen molar-refractivity contribution in [2.75, 3.05) is 0 Å². The molecule has 0 nitrogen and oxygen atoms in total. The van der Waals surface area contributed by atoms with Crippen LogP contribution in [0, 0.1) is 0 Å². The first-order valence-electron chi connectivity index (χ1n) is 13.0. The molecule has 0 atom stereocenters. The fourth-order valence-electron chi connectivity index (χ4n) is 1.12. The van der Waals surface area contributed by atoms with Crippen LogP contribution in [0.2, 0.25) is 157 Å². The lowest BCUT2D eigenvalue weighted by Crippen LogP contribution is -2.67. The van der Waals surface area contributed by atoms with Gasteiger partial charge in [-0.05, 0) is 0 Å². The SMILES string of the molecule is C[Si](C)(C)C.C[Si](C)(C)[Si](C)(C)C.C[Si](C)(C)[Si](C)(C)C.C[Si](C)(C)[Si](C)(C)[Si](C)(C)C. The Labute approximate surface area is 216 Å². The second-order valence-electron chi connectivity index (χ2n) is 18.1. The van der Waals surface area contributed by atoms with Gasteiger partial charge in [-0.15, -0.1) is 0 Å². The molecule has 0 amide bonds. The van der Waals surface area contributed by atoms with Crippen molar-refractivity contribution in [1.29, 1.82) is 0 Å². The maximum absolute atomic E-state index is 2.62. The highest BCUT2D eigenvalue weighted by molar-refractivity contribution is 7.68. The summed E-state index contributed by atoms with van der Waals surface area (Å²) in [5, 5.41) is 0. The number of hydrogen-bond acceptors (Lipinski definition) is 0. The molecule has 0 aliphatic heterocycles. The summed E-state index contributed by atoms with van der Waals surface area (Å²) < 4.78 is 0. The van der Waals surface area contributed by atoms with E-state index in [-0.39, 0.29) is 0 Å². The van der Waals surface area contributed by atoms with Gasteiger partial charge in [0.1, 0.15) is 0 Å². The van der Waals surface area contributed by atoms with Gasteiger partial charge in [0.25, 0.3) is 0 Å². The summed E-state index contributed by atoms with van der Waals surface area (Å²) in [6.07, 6.45) is 0. The minimum Gasteiger partial charge on any atom is -0.0731 e. The smallest absolute Gasteiger partial charge is 0.0411 e. The third-order valence-corrected chi connectivity index (χ3v) is 87.8. The quantitative estimate of drug-likeness (QED) is 0.288. The van der Waals surface area contributed by atoms with Crippen LogP contribution in [0.4, 0.5) is 0 Å². The topological polar surface area (TPSA) is 0 Å². The molecule has 8 heteroatoms. The Morgan fingerprint density at radius 3 is 0.281 bits per heavy atom. The van der Waals surface area contributed by atoms with E-state index in [1.54, 1.807) is 0 Å². The summed E-state index contributed by atoms with van der Waals surface area (Å²) in [6, 6.07) is 0. The van der Waals surface area contributed by atoms with Crippen molar-refractivity contribution in [1.82, 2.24) is 0 Å². The predicted molar refractivity (Wildman–Crippen MR) is 187 cm³/mol. The van der Waals surface area contributed by atoms with Gasteiger partial charge in [0.2, 0.25) is 0 Å². The van der Waals surface area contributed by atoms with E-state index in [9.17, 15) is 0 Å². The van der Waals surface area contributed by atoms with Crippen molar-refractivity contribution in [3.05, 3.63) is 0 Å². The van der Waals surface area contributed by atoms with Crippen molar-refractivity contribution < 1.29 is 0 Å². The van der Waals surface area contributed by atoms with Crippen molar-refractivity contribution >= 4 is 60.7 Å².